The Labute approximate surface area is 136 Å². The monoisotopic (exact) mass is 330 g/mol. The molecule has 1 amide bonds. The van der Waals surface area contributed by atoms with Crippen LogP contribution in [0, 0.1) is 5.82 Å². The predicted molar refractivity (Wildman–Crippen MR) is 88.6 cm³/mol. The summed E-state index contributed by atoms with van der Waals surface area (Å²) in [6.07, 6.45) is 1.47. The fraction of sp³-hybridized carbons (Fsp3) is 0.0588. The molecule has 116 valence electrons. The quantitative estimate of drug-likeness (QED) is 0.780. The highest BCUT2D eigenvalue weighted by molar-refractivity contribution is 6.34. The molecule has 0 aliphatic carbocycles. The summed E-state index contributed by atoms with van der Waals surface area (Å²) in [7, 11) is 1.58. The van der Waals surface area contributed by atoms with Gasteiger partial charge in [-0.1, -0.05) is 29.8 Å². The number of carbonyl (C=O) groups is 1. The zero-order valence-corrected chi connectivity index (χ0v) is 12.9. The van der Waals surface area contributed by atoms with Crippen LogP contribution in [0.3, 0.4) is 0 Å². The van der Waals surface area contributed by atoms with Gasteiger partial charge in [0.2, 0.25) is 0 Å². The zero-order chi connectivity index (χ0) is 16.6. The van der Waals surface area contributed by atoms with Crippen molar-refractivity contribution in [2.45, 2.75) is 0 Å². The van der Waals surface area contributed by atoms with E-state index in [1.54, 1.807) is 31.3 Å². The van der Waals surface area contributed by atoms with Gasteiger partial charge in [0.1, 0.15) is 5.82 Å². The Kier molecular flexibility index (Phi) is 3.88. The van der Waals surface area contributed by atoms with Crippen molar-refractivity contribution in [2.75, 3.05) is 5.32 Å². The molecule has 0 spiro atoms. The van der Waals surface area contributed by atoms with Crippen molar-refractivity contribution in [1.29, 1.82) is 0 Å². The summed E-state index contributed by atoms with van der Waals surface area (Å²) < 4.78 is 14.4. The molecule has 0 aliphatic rings. The number of fused-ring (bicyclic) bond motifs is 1. The first-order valence-corrected chi connectivity index (χ1v) is 7.20. The molecule has 1 aromatic heterocycles. The molecule has 1 heterocycles. The lowest BCUT2D eigenvalue weighted by atomic mass is 10.1. The molecule has 23 heavy (non-hydrogen) atoms. The van der Waals surface area contributed by atoms with Crippen LogP contribution in [-0.4, -0.2) is 10.5 Å². The molecule has 0 radical (unpaired) electrons. The van der Waals surface area contributed by atoms with Gasteiger partial charge in [-0.2, -0.15) is 0 Å². The van der Waals surface area contributed by atoms with Crippen molar-refractivity contribution in [2.24, 2.45) is 7.05 Å². The van der Waals surface area contributed by atoms with Gasteiger partial charge in [-0.15, -0.1) is 0 Å². The maximum atomic E-state index is 13.1. The van der Waals surface area contributed by atoms with Crippen LogP contribution in [0.4, 0.5) is 10.1 Å². The first-order chi connectivity index (χ1) is 11.0. The minimum atomic E-state index is -0.486. The van der Waals surface area contributed by atoms with Gasteiger partial charge in [0.05, 0.1) is 16.3 Å². The molecule has 0 aliphatic heterocycles. The summed E-state index contributed by atoms with van der Waals surface area (Å²) in [6.45, 7) is 0. The third-order valence-corrected chi connectivity index (χ3v) is 3.83. The Morgan fingerprint density at radius 1 is 1.17 bits per heavy atom. The van der Waals surface area contributed by atoms with Crippen LogP contribution in [-0.2, 0) is 7.05 Å². The number of rotatable bonds is 2. The molecule has 0 fully saturated rings. The molecule has 0 saturated carbocycles. The van der Waals surface area contributed by atoms with E-state index in [0.717, 1.165) is 6.07 Å². The minimum Gasteiger partial charge on any atom is -0.321 e. The van der Waals surface area contributed by atoms with Crippen molar-refractivity contribution in [3.63, 3.8) is 0 Å². The SMILES string of the molecule is Cn1cc(C(=O)Nc2ccc(F)cc2Cl)c2ccccc2c1=O. The topological polar surface area (TPSA) is 51.1 Å². The summed E-state index contributed by atoms with van der Waals surface area (Å²) in [5.41, 5.74) is 0.455. The number of hydrogen-bond acceptors (Lipinski definition) is 2. The molecule has 0 saturated heterocycles. The summed E-state index contributed by atoms with van der Waals surface area (Å²) in [4.78, 5) is 24.7. The number of halogens is 2. The van der Waals surface area contributed by atoms with Gasteiger partial charge in [0, 0.05) is 24.0 Å². The number of nitrogens with zero attached hydrogens (tertiary/aromatic N) is 1. The molecule has 2 aromatic carbocycles. The second-order valence-corrected chi connectivity index (χ2v) is 5.49. The Balaban J connectivity index is 2.08. The first kappa shape index (κ1) is 15.2. The molecule has 0 atom stereocenters. The average Bonchev–Trinajstić information content (AvgIpc) is 2.53. The summed E-state index contributed by atoms with van der Waals surface area (Å²) in [5.74, 6) is -0.911. The van der Waals surface area contributed by atoms with Gasteiger partial charge >= 0.3 is 0 Å². The van der Waals surface area contributed by atoms with E-state index in [-0.39, 0.29) is 10.6 Å². The number of nitrogens with one attached hydrogen (secondary N) is 1. The fourth-order valence-corrected chi connectivity index (χ4v) is 2.59. The highest BCUT2D eigenvalue weighted by atomic mass is 35.5. The first-order valence-electron chi connectivity index (χ1n) is 6.82. The van der Waals surface area contributed by atoms with Crippen LogP contribution in [0.15, 0.2) is 53.5 Å². The number of aryl methyl sites for hydroxylation is 1. The second kappa shape index (κ2) is 5.85. The number of aromatic nitrogens is 1. The van der Waals surface area contributed by atoms with Crippen LogP contribution in [0.25, 0.3) is 10.8 Å². The van der Waals surface area contributed by atoms with Gasteiger partial charge in [0.15, 0.2) is 0 Å². The van der Waals surface area contributed by atoms with Crippen molar-refractivity contribution >= 4 is 34.0 Å². The number of hydrogen-bond donors (Lipinski definition) is 1. The van der Waals surface area contributed by atoms with Gasteiger partial charge in [-0.05, 0) is 24.3 Å². The van der Waals surface area contributed by atoms with Crippen molar-refractivity contribution in [1.82, 2.24) is 4.57 Å². The van der Waals surface area contributed by atoms with Crippen LogP contribution < -0.4 is 10.9 Å². The highest BCUT2D eigenvalue weighted by Gasteiger charge is 2.15. The van der Waals surface area contributed by atoms with Crippen LogP contribution in [0.2, 0.25) is 5.02 Å². The number of anilines is 1. The molecule has 4 nitrogen and oxygen atoms in total. The normalized spacial score (nSPS) is 10.7. The van der Waals surface area contributed by atoms with E-state index in [4.69, 9.17) is 11.6 Å². The maximum Gasteiger partial charge on any atom is 0.258 e. The van der Waals surface area contributed by atoms with E-state index in [1.165, 1.54) is 22.9 Å². The van der Waals surface area contributed by atoms with Crippen LogP contribution in [0.5, 0.6) is 0 Å². The largest absolute Gasteiger partial charge is 0.321 e. The van der Waals surface area contributed by atoms with Crippen LogP contribution in [0.1, 0.15) is 10.4 Å². The average molecular weight is 331 g/mol. The maximum absolute atomic E-state index is 13.1. The van der Waals surface area contributed by atoms with E-state index in [1.807, 2.05) is 0 Å². The molecule has 0 bridgehead atoms. The van der Waals surface area contributed by atoms with Gasteiger partial charge < -0.3 is 9.88 Å². The van der Waals surface area contributed by atoms with E-state index in [9.17, 15) is 14.0 Å². The number of carbonyl (C=O) groups excluding carboxylic acids is 1. The lowest BCUT2D eigenvalue weighted by Gasteiger charge is -2.11. The Morgan fingerprint density at radius 3 is 2.57 bits per heavy atom. The van der Waals surface area contributed by atoms with Crippen molar-refractivity contribution < 1.29 is 9.18 Å². The molecule has 3 rings (SSSR count). The van der Waals surface area contributed by atoms with Gasteiger partial charge in [-0.3, -0.25) is 9.59 Å². The molecule has 1 N–H and O–H groups in total. The zero-order valence-electron chi connectivity index (χ0n) is 12.1. The van der Waals surface area contributed by atoms with Gasteiger partial charge in [-0.25, -0.2) is 4.39 Å². The van der Waals surface area contributed by atoms with Crippen molar-refractivity contribution in [3.8, 4) is 0 Å². The standard InChI is InChI=1S/C17H12ClFN2O2/c1-21-9-13(11-4-2-3-5-12(11)17(21)23)16(22)20-15-7-6-10(19)8-14(15)18/h2-9H,1H3,(H,20,22). The summed E-state index contributed by atoms with van der Waals surface area (Å²) >= 11 is 5.93. The summed E-state index contributed by atoms with van der Waals surface area (Å²) in [6, 6.07) is 10.6. The number of amides is 1. The lowest BCUT2D eigenvalue weighted by molar-refractivity contribution is 0.102. The number of benzene rings is 2. The molecule has 0 unspecified atom stereocenters. The third kappa shape index (κ3) is 2.83. The molecular formula is C17H12ClFN2O2. The minimum absolute atomic E-state index is 0.104. The molecule has 6 heteroatoms. The molecule has 3 aromatic rings. The third-order valence-electron chi connectivity index (χ3n) is 3.51. The highest BCUT2D eigenvalue weighted by Crippen LogP contribution is 2.24. The Bertz CT molecular complexity index is 982. The predicted octanol–water partition coefficient (Wildman–Crippen LogP) is 3.58. The van der Waals surface area contributed by atoms with Crippen LogP contribution >= 0.6 is 11.6 Å². The fourth-order valence-electron chi connectivity index (χ4n) is 2.38. The Morgan fingerprint density at radius 2 is 1.87 bits per heavy atom. The van der Waals surface area contributed by atoms with Gasteiger partial charge in [0.25, 0.3) is 11.5 Å². The van der Waals surface area contributed by atoms with E-state index in [0.29, 0.717) is 22.0 Å². The van der Waals surface area contributed by atoms with E-state index >= 15 is 0 Å². The lowest BCUT2D eigenvalue weighted by Crippen LogP contribution is -2.21. The smallest absolute Gasteiger partial charge is 0.258 e. The summed E-state index contributed by atoms with van der Waals surface area (Å²) in [5, 5.41) is 3.74. The second-order valence-electron chi connectivity index (χ2n) is 5.08. The van der Waals surface area contributed by atoms with E-state index < -0.39 is 11.7 Å². The number of pyridine rings is 1. The van der Waals surface area contributed by atoms with E-state index in [2.05, 4.69) is 5.32 Å². The van der Waals surface area contributed by atoms with Crippen molar-refractivity contribution in [3.05, 3.63) is 75.4 Å². The Hall–Kier alpha value is -2.66. The molecular weight excluding hydrogens is 319 g/mol.